The molecule has 1 aromatic heterocycles. The van der Waals surface area contributed by atoms with Crippen molar-refractivity contribution in [3.05, 3.63) is 23.2 Å². The van der Waals surface area contributed by atoms with Gasteiger partial charge in [0, 0.05) is 5.41 Å². The summed E-state index contributed by atoms with van der Waals surface area (Å²) in [4.78, 5) is 4.87. The first-order valence-corrected chi connectivity index (χ1v) is 8.08. The third kappa shape index (κ3) is 2.42. The van der Waals surface area contributed by atoms with Crippen LogP contribution >= 0.6 is 11.3 Å². The summed E-state index contributed by atoms with van der Waals surface area (Å²) in [5, 5.41) is 4.76. The number of benzene rings is 1. The van der Waals surface area contributed by atoms with Gasteiger partial charge >= 0.3 is 0 Å². The van der Waals surface area contributed by atoms with Crippen molar-refractivity contribution in [1.29, 1.82) is 0 Å². The number of rotatable bonds is 3. The van der Waals surface area contributed by atoms with Gasteiger partial charge in [0.1, 0.15) is 5.75 Å². The Kier molecular flexibility index (Phi) is 3.69. The van der Waals surface area contributed by atoms with Crippen LogP contribution in [-0.4, -0.2) is 25.2 Å². The van der Waals surface area contributed by atoms with E-state index in [2.05, 4.69) is 31.3 Å². The Labute approximate surface area is 124 Å². The summed E-state index contributed by atoms with van der Waals surface area (Å²) in [7, 11) is 1.71. The van der Waals surface area contributed by atoms with Crippen LogP contribution in [0.15, 0.2) is 18.2 Å². The number of piperidine rings is 1. The second-order valence-electron chi connectivity index (χ2n) is 6.12. The first-order valence-electron chi connectivity index (χ1n) is 7.27. The average molecular weight is 290 g/mol. The van der Waals surface area contributed by atoms with Gasteiger partial charge in [0.05, 0.1) is 22.3 Å². The molecule has 0 aliphatic carbocycles. The average Bonchev–Trinajstić information content (AvgIpc) is 2.91. The molecule has 1 atom stereocenters. The normalized spacial score (nSPS) is 20.2. The maximum absolute atomic E-state index is 5.30. The van der Waals surface area contributed by atoms with Crippen LogP contribution in [0.25, 0.3) is 10.2 Å². The number of fused-ring (bicyclic) bond motifs is 1. The summed E-state index contributed by atoms with van der Waals surface area (Å²) in [6.07, 6.45) is 2.56. The molecule has 0 spiro atoms. The topological polar surface area (TPSA) is 34.1 Å². The molecule has 3 rings (SSSR count). The summed E-state index contributed by atoms with van der Waals surface area (Å²) < 4.78 is 6.52. The maximum Gasteiger partial charge on any atom is 0.120 e. The van der Waals surface area contributed by atoms with Crippen molar-refractivity contribution in [3.63, 3.8) is 0 Å². The minimum Gasteiger partial charge on any atom is -0.497 e. The number of hydrogen-bond acceptors (Lipinski definition) is 4. The fraction of sp³-hybridized carbons (Fsp3) is 0.562. The highest BCUT2D eigenvalue weighted by Crippen LogP contribution is 2.39. The molecule has 0 bridgehead atoms. The zero-order chi connectivity index (χ0) is 14.2. The molecule has 1 aliphatic heterocycles. The van der Waals surface area contributed by atoms with Gasteiger partial charge in [0.2, 0.25) is 0 Å². The Morgan fingerprint density at radius 2 is 2.25 bits per heavy atom. The van der Waals surface area contributed by atoms with Crippen molar-refractivity contribution in [2.45, 2.75) is 32.1 Å². The van der Waals surface area contributed by atoms with Crippen LogP contribution in [0.4, 0.5) is 0 Å². The second-order valence-corrected chi connectivity index (χ2v) is 7.15. The molecule has 0 saturated carbocycles. The third-order valence-corrected chi connectivity index (χ3v) is 5.82. The Morgan fingerprint density at radius 3 is 2.95 bits per heavy atom. The van der Waals surface area contributed by atoms with Gasteiger partial charge in [-0.15, -0.1) is 11.3 Å². The summed E-state index contributed by atoms with van der Waals surface area (Å²) in [5.41, 5.74) is 1.22. The molecule has 3 nitrogen and oxygen atoms in total. The zero-order valence-electron chi connectivity index (χ0n) is 12.4. The van der Waals surface area contributed by atoms with Crippen LogP contribution in [-0.2, 0) is 5.41 Å². The molecule has 1 saturated heterocycles. The van der Waals surface area contributed by atoms with E-state index in [0.29, 0.717) is 5.92 Å². The van der Waals surface area contributed by atoms with Gasteiger partial charge < -0.3 is 10.1 Å². The monoisotopic (exact) mass is 290 g/mol. The standard InChI is InChI=1S/C16H22N2OS/c1-16(2,11-5-4-8-17-10-11)15-18-13-7-6-12(19-3)9-14(13)20-15/h6-7,9,11,17H,4-5,8,10H2,1-3H3. The summed E-state index contributed by atoms with van der Waals surface area (Å²) in [6, 6.07) is 6.13. The van der Waals surface area contributed by atoms with Crippen LogP contribution in [0.5, 0.6) is 5.75 Å². The summed E-state index contributed by atoms with van der Waals surface area (Å²) >= 11 is 1.81. The maximum atomic E-state index is 5.30. The third-order valence-electron chi connectivity index (χ3n) is 4.46. The minimum absolute atomic E-state index is 0.129. The van der Waals surface area contributed by atoms with E-state index in [0.717, 1.165) is 24.4 Å². The van der Waals surface area contributed by atoms with E-state index in [1.807, 2.05) is 17.4 Å². The van der Waals surface area contributed by atoms with Crippen LogP contribution in [0.3, 0.4) is 0 Å². The number of hydrogen-bond donors (Lipinski definition) is 1. The first-order chi connectivity index (χ1) is 9.61. The molecule has 4 heteroatoms. The molecular weight excluding hydrogens is 268 g/mol. The highest BCUT2D eigenvalue weighted by molar-refractivity contribution is 7.18. The Balaban J connectivity index is 1.95. The lowest BCUT2D eigenvalue weighted by Crippen LogP contribution is -2.40. The Bertz CT molecular complexity index is 600. The number of aromatic nitrogens is 1. The quantitative estimate of drug-likeness (QED) is 0.938. The van der Waals surface area contributed by atoms with Gasteiger partial charge in [0.15, 0.2) is 0 Å². The molecule has 1 fully saturated rings. The number of nitrogens with zero attached hydrogens (tertiary/aromatic N) is 1. The summed E-state index contributed by atoms with van der Waals surface area (Å²) in [6.45, 7) is 6.93. The number of methoxy groups -OCH3 is 1. The van der Waals surface area contributed by atoms with Gasteiger partial charge in [-0.2, -0.15) is 0 Å². The van der Waals surface area contributed by atoms with E-state index in [-0.39, 0.29) is 5.41 Å². The molecule has 0 radical (unpaired) electrons. The van der Waals surface area contributed by atoms with E-state index in [1.54, 1.807) is 7.11 Å². The van der Waals surface area contributed by atoms with Gasteiger partial charge in [0.25, 0.3) is 0 Å². The number of ether oxygens (including phenoxy) is 1. The predicted octanol–water partition coefficient (Wildman–Crippen LogP) is 3.58. The summed E-state index contributed by atoms with van der Waals surface area (Å²) in [5.74, 6) is 1.57. The highest BCUT2D eigenvalue weighted by Gasteiger charge is 2.34. The minimum atomic E-state index is 0.129. The lowest BCUT2D eigenvalue weighted by Gasteiger charge is -2.35. The fourth-order valence-electron chi connectivity index (χ4n) is 2.95. The molecule has 1 N–H and O–H groups in total. The van der Waals surface area contributed by atoms with Crippen molar-refractivity contribution >= 4 is 21.6 Å². The molecule has 20 heavy (non-hydrogen) atoms. The molecular formula is C16H22N2OS. The van der Waals surface area contributed by atoms with E-state index in [1.165, 1.54) is 22.5 Å². The Morgan fingerprint density at radius 1 is 1.40 bits per heavy atom. The van der Waals surface area contributed by atoms with Crippen LogP contribution in [0.2, 0.25) is 0 Å². The van der Waals surface area contributed by atoms with Crippen molar-refractivity contribution < 1.29 is 4.74 Å². The van der Waals surface area contributed by atoms with Crippen LogP contribution in [0.1, 0.15) is 31.7 Å². The fourth-order valence-corrected chi connectivity index (χ4v) is 4.13. The molecule has 2 heterocycles. The molecule has 1 unspecified atom stereocenters. The van der Waals surface area contributed by atoms with E-state index in [9.17, 15) is 0 Å². The first kappa shape index (κ1) is 13.8. The number of thiazole rings is 1. The van der Waals surface area contributed by atoms with Gasteiger partial charge in [-0.05, 0) is 50.0 Å². The van der Waals surface area contributed by atoms with Gasteiger partial charge in [-0.25, -0.2) is 4.98 Å². The lowest BCUT2D eigenvalue weighted by molar-refractivity contribution is 0.251. The molecule has 108 valence electrons. The SMILES string of the molecule is COc1ccc2nc(C(C)(C)C3CCCNC3)sc2c1. The van der Waals surface area contributed by atoms with E-state index >= 15 is 0 Å². The Hall–Kier alpha value is -1.13. The van der Waals surface area contributed by atoms with Crippen molar-refractivity contribution in [3.8, 4) is 5.75 Å². The zero-order valence-corrected chi connectivity index (χ0v) is 13.2. The molecule has 2 aromatic rings. The van der Waals surface area contributed by atoms with E-state index in [4.69, 9.17) is 9.72 Å². The lowest BCUT2D eigenvalue weighted by atomic mass is 9.75. The van der Waals surface area contributed by atoms with E-state index < -0.39 is 0 Å². The van der Waals surface area contributed by atoms with Gasteiger partial charge in [-0.1, -0.05) is 13.8 Å². The second kappa shape index (κ2) is 5.34. The van der Waals surface area contributed by atoms with Gasteiger partial charge in [-0.3, -0.25) is 0 Å². The molecule has 0 amide bonds. The van der Waals surface area contributed by atoms with Crippen LogP contribution < -0.4 is 10.1 Å². The smallest absolute Gasteiger partial charge is 0.120 e. The largest absolute Gasteiger partial charge is 0.497 e. The molecule has 1 aliphatic rings. The van der Waals surface area contributed by atoms with Crippen LogP contribution in [0, 0.1) is 5.92 Å². The predicted molar refractivity (Wildman–Crippen MR) is 84.8 cm³/mol. The van der Waals surface area contributed by atoms with Crippen molar-refractivity contribution in [2.24, 2.45) is 5.92 Å². The molecule has 1 aromatic carbocycles. The van der Waals surface area contributed by atoms with Crippen molar-refractivity contribution in [1.82, 2.24) is 10.3 Å². The van der Waals surface area contributed by atoms with Crippen molar-refractivity contribution in [2.75, 3.05) is 20.2 Å². The number of nitrogens with one attached hydrogen (secondary N) is 1. The highest BCUT2D eigenvalue weighted by atomic mass is 32.1.